The number of amides is 1. The van der Waals surface area contributed by atoms with Crippen molar-refractivity contribution >= 4 is 11.6 Å². The zero-order chi connectivity index (χ0) is 12.2. The number of aliphatic hydroxyl groups is 1. The monoisotopic (exact) mass is 224 g/mol. The summed E-state index contributed by atoms with van der Waals surface area (Å²) < 4.78 is 4.90. The molecule has 5 nitrogen and oxygen atoms in total. The average Bonchev–Trinajstić information content (AvgIpc) is 2.64. The van der Waals surface area contributed by atoms with Crippen LogP contribution in [0, 0.1) is 0 Å². The van der Waals surface area contributed by atoms with Crippen molar-refractivity contribution in [1.82, 2.24) is 5.43 Å². The molecule has 1 heterocycles. The lowest BCUT2D eigenvalue weighted by Gasteiger charge is -2.15. The van der Waals surface area contributed by atoms with Gasteiger partial charge in [-0.1, -0.05) is 0 Å². The number of hydrazone groups is 1. The number of hydrogen-bond donors (Lipinski definition) is 2. The van der Waals surface area contributed by atoms with Crippen LogP contribution in [-0.2, 0) is 0 Å². The Kier molecular flexibility index (Phi) is 3.84. The van der Waals surface area contributed by atoms with Crippen LogP contribution in [0.2, 0.25) is 0 Å². The van der Waals surface area contributed by atoms with E-state index in [9.17, 15) is 9.90 Å². The fraction of sp³-hybridized carbons (Fsp3) is 0.455. The van der Waals surface area contributed by atoms with Crippen LogP contribution in [0.5, 0.6) is 0 Å². The van der Waals surface area contributed by atoms with E-state index in [2.05, 4.69) is 10.5 Å². The SMILES string of the molecule is C/C(CC(C)(C)O)=N/NC(=O)c1ccco1. The minimum atomic E-state index is -0.830. The molecule has 0 bridgehead atoms. The van der Waals surface area contributed by atoms with Gasteiger partial charge in [-0.3, -0.25) is 4.79 Å². The van der Waals surface area contributed by atoms with Gasteiger partial charge < -0.3 is 9.52 Å². The third-order valence-electron chi connectivity index (χ3n) is 1.78. The predicted octanol–water partition coefficient (Wildman–Crippen LogP) is 1.55. The summed E-state index contributed by atoms with van der Waals surface area (Å²) in [6.45, 7) is 5.10. The van der Waals surface area contributed by atoms with Gasteiger partial charge in [-0.15, -0.1) is 0 Å². The highest BCUT2D eigenvalue weighted by molar-refractivity contribution is 5.92. The van der Waals surface area contributed by atoms with Gasteiger partial charge in [0.05, 0.1) is 11.9 Å². The number of carbonyl (C=O) groups excluding carboxylic acids is 1. The Balaban J connectivity index is 2.50. The van der Waals surface area contributed by atoms with Crippen LogP contribution in [0.1, 0.15) is 37.7 Å². The van der Waals surface area contributed by atoms with Gasteiger partial charge >= 0.3 is 5.91 Å². The fourth-order valence-electron chi connectivity index (χ4n) is 1.27. The molecule has 88 valence electrons. The molecule has 0 radical (unpaired) electrons. The third-order valence-corrected chi connectivity index (χ3v) is 1.78. The summed E-state index contributed by atoms with van der Waals surface area (Å²) in [5.74, 6) is -0.195. The van der Waals surface area contributed by atoms with Gasteiger partial charge in [0.2, 0.25) is 0 Å². The van der Waals surface area contributed by atoms with Gasteiger partial charge in [0.1, 0.15) is 0 Å². The molecule has 0 atom stereocenters. The van der Waals surface area contributed by atoms with Crippen molar-refractivity contribution in [2.45, 2.75) is 32.8 Å². The van der Waals surface area contributed by atoms with Crippen LogP contribution in [0.3, 0.4) is 0 Å². The van der Waals surface area contributed by atoms with Crippen LogP contribution in [-0.4, -0.2) is 22.3 Å². The quantitative estimate of drug-likeness (QED) is 0.601. The maximum Gasteiger partial charge on any atom is 0.307 e. The van der Waals surface area contributed by atoms with E-state index in [4.69, 9.17) is 4.42 Å². The van der Waals surface area contributed by atoms with E-state index in [1.807, 2.05) is 0 Å². The summed E-state index contributed by atoms with van der Waals surface area (Å²) in [7, 11) is 0. The van der Waals surface area contributed by atoms with Gasteiger partial charge in [-0.25, -0.2) is 5.43 Å². The smallest absolute Gasteiger partial charge is 0.307 e. The Hall–Kier alpha value is -1.62. The molecule has 1 amide bonds. The molecule has 1 aromatic rings. The number of nitrogens with zero attached hydrogens (tertiary/aromatic N) is 1. The zero-order valence-electron chi connectivity index (χ0n) is 9.65. The largest absolute Gasteiger partial charge is 0.459 e. The molecule has 0 unspecified atom stereocenters. The molecule has 1 rings (SSSR count). The summed E-state index contributed by atoms with van der Waals surface area (Å²) in [6, 6.07) is 3.18. The molecule has 0 fully saturated rings. The van der Waals surface area contributed by atoms with E-state index in [-0.39, 0.29) is 5.76 Å². The molecular formula is C11H16N2O3. The molecule has 0 aliphatic heterocycles. The van der Waals surface area contributed by atoms with Gasteiger partial charge in [-0.05, 0) is 32.9 Å². The molecule has 16 heavy (non-hydrogen) atoms. The molecule has 1 aromatic heterocycles. The molecule has 0 saturated carbocycles. The summed E-state index contributed by atoms with van der Waals surface area (Å²) in [6.07, 6.45) is 1.81. The van der Waals surface area contributed by atoms with E-state index in [1.54, 1.807) is 32.9 Å². The maximum absolute atomic E-state index is 11.4. The van der Waals surface area contributed by atoms with E-state index in [0.29, 0.717) is 12.1 Å². The summed E-state index contributed by atoms with van der Waals surface area (Å²) in [5, 5.41) is 13.4. The number of furan rings is 1. The normalized spacial score (nSPS) is 12.6. The Labute approximate surface area is 94.2 Å². The molecule has 2 N–H and O–H groups in total. The lowest BCUT2D eigenvalue weighted by Crippen LogP contribution is -2.25. The topological polar surface area (TPSA) is 74.8 Å². The summed E-state index contributed by atoms with van der Waals surface area (Å²) in [4.78, 5) is 11.4. The minimum absolute atomic E-state index is 0.208. The Morgan fingerprint density at radius 2 is 2.31 bits per heavy atom. The van der Waals surface area contributed by atoms with Crippen molar-refractivity contribution in [1.29, 1.82) is 0 Å². The van der Waals surface area contributed by atoms with E-state index >= 15 is 0 Å². The predicted molar refractivity (Wildman–Crippen MR) is 60.2 cm³/mol. The second-order valence-corrected chi connectivity index (χ2v) is 4.25. The first-order chi connectivity index (χ1) is 7.38. The van der Waals surface area contributed by atoms with E-state index in [1.165, 1.54) is 6.26 Å². The lowest BCUT2D eigenvalue weighted by atomic mass is 10.0. The van der Waals surface area contributed by atoms with Crippen molar-refractivity contribution in [3.8, 4) is 0 Å². The highest BCUT2D eigenvalue weighted by Crippen LogP contribution is 2.08. The molecule has 0 aliphatic carbocycles. The van der Waals surface area contributed by atoms with E-state index < -0.39 is 11.5 Å². The molecule has 0 aromatic carbocycles. The van der Waals surface area contributed by atoms with Gasteiger partial charge in [0, 0.05) is 12.1 Å². The van der Waals surface area contributed by atoms with Crippen molar-refractivity contribution in [2.75, 3.05) is 0 Å². The highest BCUT2D eigenvalue weighted by Gasteiger charge is 2.14. The van der Waals surface area contributed by atoms with Crippen LogP contribution < -0.4 is 5.43 Å². The van der Waals surface area contributed by atoms with Crippen LogP contribution >= 0.6 is 0 Å². The van der Waals surface area contributed by atoms with Crippen molar-refractivity contribution in [3.63, 3.8) is 0 Å². The van der Waals surface area contributed by atoms with Crippen LogP contribution in [0.25, 0.3) is 0 Å². The fourth-order valence-corrected chi connectivity index (χ4v) is 1.27. The molecule has 0 saturated heterocycles. The minimum Gasteiger partial charge on any atom is -0.459 e. The summed E-state index contributed by atoms with van der Waals surface area (Å²) in [5.41, 5.74) is 2.17. The first kappa shape index (κ1) is 12.4. The van der Waals surface area contributed by atoms with Crippen molar-refractivity contribution in [2.24, 2.45) is 5.10 Å². The second kappa shape index (κ2) is 4.94. The van der Waals surface area contributed by atoms with Crippen LogP contribution in [0.15, 0.2) is 27.9 Å². The maximum atomic E-state index is 11.4. The van der Waals surface area contributed by atoms with Gasteiger partial charge in [0.25, 0.3) is 0 Å². The lowest BCUT2D eigenvalue weighted by molar-refractivity contribution is 0.0871. The molecular weight excluding hydrogens is 208 g/mol. The average molecular weight is 224 g/mol. The number of rotatable bonds is 4. The third kappa shape index (κ3) is 4.27. The van der Waals surface area contributed by atoms with Gasteiger partial charge in [-0.2, -0.15) is 5.10 Å². The number of nitrogens with one attached hydrogen (secondary N) is 1. The molecule has 0 aliphatic rings. The first-order valence-electron chi connectivity index (χ1n) is 4.98. The second-order valence-electron chi connectivity index (χ2n) is 4.25. The standard InChI is InChI=1S/C11H16N2O3/c1-8(7-11(2,3)15)12-13-10(14)9-5-4-6-16-9/h4-6,15H,7H2,1-3H3,(H,13,14)/b12-8-. The number of carbonyl (C=O) groups is 1. The van der Waals surface area contributed by atoms with E-state index in [0.717, 1.165) is 0 Å². The van der Waals surface area contributed by atoms with Gasteiger partial charge in [0.15, 0.2) is 5.76 Å². The Morgan fingerprint density at radius 3 is 2.81 bits per heavy atom. The first-order valence-corrected chi connectivity index (χ1v) is 4.98. The highest BCUT2D eigenvalue weighted by atomic mass is 16.3. The van der Waals surface area contributed by atoms with Crippen molar-refractivity contribution < 1.29 is 14.3 Å². The number of hydrogen-bond acceptors (Lipinski definition) is 4. The zero-order valence-corrected chi connectivity index (χ0v) is 9.65. The Bertz CT molecular complexity index is 374. The van der Waals surface area contributed by atoms with Crippen LogP contribution in [0.4, 0.5) is 0 Å². The molecule has 5 heteroatoms. The Morgan fingerprint density at radius 1 is 1.62 bits per heavy atom. The molecule has 0 spiro atoms. The summed E-state index contributed by atoms with van der Waals surface area (Å²) >= 11 is 0. The van der Waals surface area contributed by atoms with Crippen molar-refractivity contribution in [3.05, 3.63) is 24.2 Å².